The standard InChI is InChI=1S/C13H16N2O/c1-5-10(3)15-13-9(2)6-11(8-14)7-12(13)16-4/h6-7H,5H2,1-4H3. The summed E-state index contributed by atoms with van der Waals surface area (Å²) in [5, 5.41) is 8.86. The number of hydrogen-bond donors (Lipinski definition) is 0. The van der Waals surface area contributed by atoms with Crippen LogP contribution in [0.3, 0.4) is 0 Å². The third kappa shape index (κ3) is 2.60. The molecule has 0 heterocycles. The Balaban J connectivity index is 3.34. The monoisotopic (exact) mass is 216 g/mol. The molecule has 0 radical (unpaired) electrons. The molecule has 0 spiro atoms. The Morgan fingerprint density at radius 3 is 2.69 bits per heavy atom. The number of aryl methyl sites for hydroxylation is 1. The Morgan fingerprint density at radius 1 is 1.50 bits per heavy atom. The zero-order chi connectivity index (χ0) is 12.1. The molecule has 0 saturated heterocycles. The van der Waals surface area contributed by atoms with Gasteiger partial charge in [0.25, 0.3) is 0 Å². The predicted molar refractivity (Wildman–Crippen MR) is 65.5 cm³/mol. The van der Waals surface area contributed by atoms with E-state index in [-0.39, 0.29) is 0 Å². The normalized spacial score (nSPS) is 11.1. The number of aliphatic imine (C=N–C) groups is 1. The first-order valence-electron chi connectivity index (χ1n) is 5.25. The highest BCUT2D eigenvalue weighted by Crippen LogP contribution is 2.32. The summed E-state index contributed by atoms with van der Waals surface area (Å²) in [6.07, 6.45) is 0.905. The molecule has 0 aliphatic carbocycles. The third-order valence-corrected chi connectivity index (χ3v) is 2.43. The number of ether oxygens (including phenoxy) is 1. The van der Waals surface area contributed by atoms with E-state index in [1.54, 1.807) is 13.2 Å². The van der Waals surface area contributed by atoms with Gasteiger partial charge in [-0.2, -0.15) is 5.26 Å². The molecule has 3 heteroatoms. The Labute approximate surface area is 96.4 Å². The van der Waals surface area contributed by atoms with Gasteiger partial charge >= 0.3 is 0 Å². The lowest BCUT2D eigenvalue weighted by Crippen LogP contribution is -1.92. The second kappa shape index (κ2) is 5.32. The molecular weight excluding hydrogens is 200 g/mol. The molecule has 0 saturated carbocycles. The van der Waals surface area contributed by atoms with Crippen LogP contribution in [0.1, 0.15) is 31.4 Å². The fourth-order valence-electron chi connectivity index (χ4n) is 1.38. The molecular formula is C13H16N2O. The minimum absolute atomic E-state index is 0.599. The molecule has 0 bridgehead atoms. The van der Waals surface area contributed by atoms with Crippen LogP contribution in [0.4, 0.5) is 5.69 Å². The molecule has 0 amide bonds. The second-order valence-electron chi connectivity index (χ2n) is 3.66. The fraction of sp³-hybridized carbons (Fsp3) is 0.385. The van der Waals surface area contributed by atoms with Crippen molar-refractivity contribution in [2.24, 2.45) is 4.99 Å². The SMILES string of the molecule is CCC(C)=Nc1c(C)cc(C#N)cc1OC. The number of nitriles is 1. The third-order valence-electron chi connectivity index (χ3n) is 2.43. The second-order valence-corrected chi connectivity index (χ2v) is 3.66. The summed E-state index contributed by atoms with van der Waals surface area (Å²) in [6, 6.07) is 5.65. The van der Waals surface area contributed by atoms with Crippen LogP contribution in [0.15, 0.2) is 17.1 Å². The minimum Gasteiger partial charge on any atom is -0.494 e. The maximum absolute atomic E-state index is 8.86. The number of rotatable bonds is 3. The van der Waals surface area contributed by atoms with E-state index in [9.17, 15) is 0 Å². The summed E-state index contributed by atoms with van der Waals surface area (Å²) >= 11 is 0. The van der Waals surface area contributed by atoms with Crippen molar-refractivity contribution in [3.63, 3.8) is 0 Å². The Morgan fingerprint density at radius 2 is 2.19 bits per heavy atom. The van der Waals surface area contributed by atoms with Gasteiger partial charge in [0, 0.05) is 11.8 Å². The number of nitrogens with zero attached hydrogens (tertiary/aromatic N) is 2. The Hall–Kier alpha value is -1.82. The van der Waals surface area contributed by atoms with Gasteiger partial charge in [0.15, 0.2) is 0 Å². The molecule has 1 aromatic rings. The van der Waals surface area contributed by atoms with Crippen LogP contribution in [-0.2, 0) is 0 Å². The van der Waals surface area contributed by atoms with Crippen LogP contribution in [0.5, 0.6) is 5.75 Å². The van der Waals surface area contributed by atoms with Gasteiger partial charge in [-0.25, -0.2) is 0 Å². The van der Waals surface area contributed by atoms with Crippen molar-refractivity contribution in [3.05, 3.63) is 23.3 Å². The highest BCUT2D eigenvalue weighted by atomic mass is 16.5. The maximum atomic E-state index is 8.86. The lowest BCUT2D eigenvalue weighted by atomic mass is 10.1. The van der Waals surface area contributed by atoms with Gasteiger partial charge in [0.2, 0.25) is 0 Å². The van der Waals surface area contributed by atoms with Crippen LogP contribution in [0.25, 0.3) is 0 Å². The van der Waals surface area contributed by atoms with Crippen molar-refractivity contribution in [2.75, 3.05) is 7.11 Å². The average Bonchev–Trinajstić information content (AvgIpc) is 2.30. The highest BCUT2D eigenvalue weighted by molar-refractivity contribution is 5.85. The van der Waals surface area contributed by atoms with E-state index in [4.69, 9.17) is 10.00 Å². The zero-order valence-corrected chi connectivity index (χ0v) is 10.2. The van der Waals surface area contributed by atoms with Crippen LogP contribution in [0, 0.1) is 18.3 Å². The molecule has 0 aromatic heterocycles. The topological polar surface area (TPSA) is 45.4 Å². The molecule has 0 fully saturated rings. The van der Waals surface area contributed by atoms with Crippen LogP contribution in [0.2, 0.25) is 0 Å². The van der Waals surface area contributed by atoms with Crippen molar-refractivity contribution >= 4 is 11.4 Å². The molecule has 0 aliphatic rings. The van der Waals surface area contributed by atoms with Gasteiger partial charge in [-0.15, -0.1) is 0 Å². The van der Waals surface area contributed by atoms with Crippen molar-refractivity contribution < 1.29 is 4.74 Å². The van der Waals surface area contributed by atoms with Gasteiger partial charge in [0.05, 0.1) is 18.7 Å². The van der Waals surface area contributed by atoms with Crippen LogP contribution >= 0.6 is 0 Å². The zero-order valence-electron chi connectivity index (χ0n) is 10.2. The summed E-state index contributed by atoms with van der Waals surface area (Å²) in [6.45, 7) is 5.98. The smallest absolute Gasteiger partial charge is 0.146 e. The maximum Gasteiger partial charge on any atom is 0.146 e. The lowest BCUT2D eigenvalue weighted by Gasteiger charge is -2.09. The van der Waals surface area contributed by atoms with E-state index in [0.717, 1.165) is 23.4 Å². The summed E-state index contributed by atoms with van der Waals surface area (Å²) in [7, 11) is 1.59. The van der Waals surface area contributed by atoms with Crippen molar-refractivity contribution in [3.8, 4) is 11.8 Å². The molecule has 16 heavy (non-hydrogen) atoms. The van der Waals surface area contributed by atoms with Crippen LogP contribution < -0.4 is 4.74 Å². The molecule has 84 valence electrons. The van der Waals surface area contributed by atoms with Crippen molar-refractivity contribution in [1.29, 1.82) is 5.26 Å². The summed E-state index contributed by atoms with van der Waals surface area (Å²) in [5.41, 5.74) is 3.43. The van der Waals surface area contributed by atoms with E-state index >= 15 is 0 Å². The summed E-state index contributed by atoms with van der Waals surface area (Å²) < 4.78 is 5.26. The van der Waals surface area contributed by atoms with Gasteiger partial charge in [0.1, 0.15) is 11.4 Å². The first-order valence-corrected chi connectivity index (χ1v) is 5.25. The molecule has 0 unspecified atom stereocenters. The highest BCUT2D eigenvalue weighted by Gasteiger charge is 2.08. The molecule has 0 atom stereocenters. The van der Waals surface area contributed by atoms with Gasteiger partial charge < -0.3 is 4.74 Å². The van der Waals surface area contributed by atoms with E-state index in [1.165, 1.54) is 0 Å². The Kier molecular flexibility index (Phi) is 4.07. The molecule has 0 aliphatic heterocycles. The Bertz CT molecular complexity index is 456. The van der Waals surface area contributed by atoms with E-state index < -0.39 is 0 Å². The molecule has 1 aromatic carbocycles. The van der Waals surface area contributed by atoms with E-state index in [0.29, 0.717) is 11.3 Å². The molecule has 0 N–H and O–H groups in total. The summed E-state index contributed by atoms with van der Waals surface area (Å²) in [5.74, 6) is 0.657. The molecule has 1 rings (SSSR count). The minimum atomic E-state index is 0.599. The number of benzene rings is 1. The fourth-order valence-corrected chi connectivity index (χ4v) is 1.38. The first kappa shape index (κ1) is 12.3. The van der Waals surface area contributed by atoms with Gasteiger partial charge in [-0.3, -0.25) is 4.99 Å². The number of hydrogen-bond acceptors (Lipinski definition) is 3. The summed E-state index contributed by atoms with van der Waals surface area (Å²) in [4.78, 5) is 4.51. The van der Waals surface area contributed by atoms with Gasteiger partial charge in [-0.1, -0.05) is 6.92 Å². The lowest BCUT2D eigenvalue weighted by molar-refractivity contribution is 0.416. The predicted octanol–water partition coefficient (Wildman–Crippen LogP) is 3.38. The largest absolute Gasteiger partial charge is 0.494 e. The number of methoxy groups -OCH3 is 1. The van der Waals surface area contributed by atoms with Crippen molar-refractivity contribution in [2.45, 2.75) is 27.2 Å². The van der Waals surface area contributed by atoms with Crippen molar-refractivity contribution in [1.82, 2.24) is 0 Å². The quantitative estimate of drug-likeness (QED) is 0.727. The first-order chi connectivity index (χ1) is 7.62. The van der Waals surface area contributed by atoms with E-state index in [1.807, 2.05) is 19.9 Å². The van der Waals surface area contributed by atoms with Crippen LogP contribution in [-0.4, -0.2) is 12.8 Å². The van der Waals surface area contributed by atoms with E-state index in [2.05, 4.69) is 18.0 Å². The van der Waals surface area contributed by atoms with Gasteiger partial charge in [-0.05, 0) is 31.9 Å². The average molecular weight is 216 g/mol. The molecule has 3 nitrogen and oxygen atoms in total.